The van der Waals surface area contributed by atoms with Crippen molar-refractivity contribution in [2.24, 2.45) is 5.41 Å². The minimum Gasteiger partial charge on any atom is -0.481 e. The Morgan fingerprint density at radius 2 is 2.00 bits per heavy atom. The molecule has 5 nitrogen and oxygen atoms in total. The van der Waals surface area contributed by atoms with Gasteiger partial charge in [0.25, 0.3) is 0 Å². The highest BCUT2D eigenvalue weighted by Crippen LogP contribution is 2.34. The molecule has 114 valence electrons. The summed E-state index contributed by atoms with van der Waals surface area (Å²) < 4.78 is 24.1. The molecule has 0 aromatic heterocycles. The number of carboxylic acids is 1. The zero-order valence-corrected chi connectivity index (χ0v) is 13.4. The van der Waals surface area contributed by atoms with E-state index < -0.39 is 20.3 Å². The number of aliphatic carboxylic acids is 1. The Morgan fingerprint density at radius 1 is 1.35 bits per heavy atom. The van der Waals surface area contributed by atoms with Crippen molar-refractivity contribution in [3.8, 4) is 0 Å². The van der Waals surface area contributed by atoms with Crippen LogP contribution in [-0.2, 0) is 13.7 Å². The predicted octanol–water partition coefficient (Wildman–Crippen LogP) is 1.94. The molecule has 20 heavy (non-hydrogen) atoms. The van der Waals surface area contributed by atoms with Crippen molar-refractivity contribution in [1.82, 2.24) is 4.90 Å². The van der Waals surface area contributed by atoms with Gasteiger partial charge in [-0.2, -0.15) is 0 Å². The Balaban J connectivity index is 2.71. The number of hydrogen-bond acceptors (Lipinski definition) is 5. The number of rotatable bonds is 8. The summed E-state index contributed by atoms with van der Waals surface area (Å²) in [7, 11) is -2.62. The molecule has 0 heterocycles. The lowest BCUT2D eigenvalue weighted by atomic mass is 9.84. The first-order valence-corrected chi connectivity index (χ1v) is 9.68. The van der Waals surface area contributed by atoms with Crippen LogP contribution in [0.25, 0.3) is 0 Å². The third-order valence-corrected chi connectivity index (χ3v) is 6.72. The summed E-state index contributed by atoms with van der Waals surface area (Å²) in [6.45, 7) is 5.11. The van der Waals surface area contributed by atoms with Gasteiger partial charge in [-0.05, 0) is 30.3 Å². The summed E-state index contributed by atoms with van der Waals surface area (Å²) in [6.07, 6.45) is 7.10. The topological polar surface area (TPSA) is 74.7 Å². The maximum atomic E-state index is 12.1. The average Bonchev–Trinajstić information content (AvgIpc) is 2.43. The van der Waals surface area contributed by atoms with Crippen LogP contribution in [0.3, 0.4) is 0 Å². The molecule has 0 aliphatic heterocycles. The largest absolute Gasteiger partial charge is 0.481 e. The monoisotopic (exact) mass is 319 g/mol. The molecule has 0 bridgehead atoms. The molecule has 0 spiro atoms. The predicted molar refractivity (Wildman–Crippen MR) is 82.1 cm³/mol. The lowest BCUT2D eigenvalue weighted by Crippen LogP contribution is -2.34. The number of carbonyl (C=O) groups is 1. The van der Waals surface area contributed by atoms with Crippen LogP contribution in [0.1, 0.15) is 20.3 Å². The molecular weight excluding hydrogens is 298 g/mol. The summed E-state index contributed by atoms with van der Waals surface area (Å²) >= 11 is 0. The van der Waals surface area contributed by atoms with E-state index in [2.05, 4.69) is 0 Å². The number of hydrogen-bond donors (Lipinski definition) is 1. The molecule has 0 radical (unpaired) electrons. The van der Waals surface area contributed by atoms with Crippen LogP contribution < -0.4 is 0 Å². The van der Waals surface area contributed by atoms with Crippen LogP contribution >= 0.6 is 10.8 Å². The molecule has 1 atom stereocenters. The molecule has 1 unspecified atom stereocenters. The quantitative estimate of drug-likeness (QED) is 0.689. The Hall–Kier alpha value is -0.790. The highest BCUT2D eigenvalue weighted by atomic mass is 33.1. The van der Waals surface area contributed by atoms with Gasteiger partial charge < -0.3 is 5.11 Å². The highest BCUT2D eigenvalue weighted by molar-refractivity contribution is 8.72. The summed E-state index contributed by atoms with van der Waals surface area (Å²) in [6, 6.07) is 0. The Bertz CT molecular complexity index is 495. The van der Waals surface area contributed by atoms with E-state index in [1.165, 1.54) is 0 Å². The van der Waals surface area contributed by atoms with Gasteiger partial charge >= 0.3 is 5.97 Å². The van der Waals surface area contributed by atoms with Crippen molar-refractivity contribution < 1.29 is 18.3 Å². The van der Waals surface area contributed by atoms with Crippen molar-refractivity contribution in [1.29, 1.82) is 0 Å². The van der Waals surface area contributed by atoms with Crippen molar-refractivity contribution in [3.63, 3.8) is 0 Å². The van der Waals surface area contributed by atoms with Gasteiger partial charge in [-0.15, -0.1) is 0 Å². The second-order valence-corrected chi connectivity index (χ2v) is 8.83. The van der Waals surface area contributed by atoms with Crippen LogP contribution in [0.4, 0.5) is 0 Å². The fourth-order valence-corrected chi connectivity index (χ4v) is 5.31. The average molecular weight is 319 g/mol. The molecule has 0 amide bonds. The van der Waals surface area contributed by atoms with Gasteiger partial charge in [-0.25, -0.2) is 8.42 Å². The first-order valence-electron chi connectivity index (χ1n) is 6.52. The lowest BCUT2D eigenvalue weighted by molar-refractivity contribution is -0.144. The molecule has 0 saturated heterocycles. The Kier molecular flexibility index (Phi) is 6.29. The summed E-state index contributed by atoms with van der Waals surface area (Å²) in [5.74, 6) is -0.990. The second-order valence-electron chi connectivity index (χ2n) is 4.70. The maximum absolute atomic E-state index is 12.1. The van der Waals surface area contributed by atoms with Crippen molar-refractivity contribution >= 4 is 25.6 Å². The van der Waals surface area contributed by atoms with Gasteiger partial charge in [-0.3, -0.25) is 9.69 Å². The van der Waals surface area contributed by atoms with Crippen LogP contribution in [0.2, 0.25) is 0 Å². The van der Waals surface area contributed by atoms with Gasteiger partial charge in [0, 0.05) is 5.75 Å². The molecule has 1 aliphatic rings. The summed E-state index contributed by atoms with van der Waals surface area (Å²) in [4.78, 5) is 13.2. The minimum absolute atomic E-state index is 0.0345. The van der Waals surface area contributed by atoms with Gasteiger partial charge in [0.05, 0.1) is 5.41 Å². The van der Waals surface area contributed by atoms with Crippen molar-refractivity contribution in [3.05, 3.63) is 24.3 Å². The number of nitrogens with zero attached hydrogens (tertiary/aromatic N) is 1. The first-order chi connectivity index (χ1) is 9.35. The van der Waals surface area contributed by atoms with E-state index in [-0.39, 0.29) is 11.6 Å². The van der Waals surface area contributed by atoms with Crippen LogP contribution in [0.5, 0.6) is 0 Å². The zero-order chi connectivity index (χ0) is 15.2. The molecule has 0 aromatic carbocycles. The van der Waals surface area contributed by atoms with E-state index in [1.54, 1.807) is 29.2 Å². The fourth-order valence-electron chi connectivity index (χ4n) is 1.85. The summed E-state index contributed by atoms with van der Waals surface area (Å²) in [5, 5.41) is 9.36. The minimum atomic E-state index is -3.35. The Morgan fingerprint density at radius 3 is 2.45 bits per heavy atom. The van der Waals surface area contributed by atoms with Gasteiger partial charge in [-0.1, -0.05) is 38.2 Å². The third-order valence-electron chi connectivity index (χ3n) is 3.30. The standard InChI is InChI=1S/C13H21NO4S2/c1-3-14(4-2)11-20(17,18)19-10-13(12(15)16)8-6-5-7-9-13/h5-8H,3-4,9-11H2,1-2H3,(H,15,16). The molecule has 0 aromatic rings. The normalized spacial score (nSPS) is 22.4. The molecule has 0 fully saturated rings. The van der Waals surface area contributed by atoms with Crippen LogP contribution in [0, 0.1) is 5.41 Å². The summed E-state index contributed by atoms with van der Waals surface area (Å²) in [5.41, 5.74) is -1.12. The van der Waals surface area contributed by atoms with E-state index in [0.717, 1.165) is 10.8 Å². The van der Waals surface area contributed by atoms with Crippen molar-refractivity contribution in [2.75, 3.05) is 24.7 Å². The SMILES string of the molecule is CCN(CC)CS(=O)(=O)SCC1(C(=O)O)C=CC=CC1. The molecule has 1 rings (SSSR count). The third kappa shape index (κ3) is 4.64. The van der Waals surface area contributed by atoms with E-state index in [1.807, 2.05) is 13.8 Å². The molecule has 1 N–H and O–H groups in total. The van der Waals surface area contributed by atoms with Gasteiger partial charge in [0.15, 0.2) is 0 Å². The van der Waals surface area contributed by atoms with E-state index in [4.69, 9.17) is 0 Å². The Labute approximate surface area is 124 Å². The molecule has 7 heteroatoms. The fraction of sp³-hybridized carbons (Fsp3) is 0.615. The zero-order valence-electron chi connectivity index (χ0n) is 11.8. The number of carboxylic acid groups (broad SMARTS) is 1. The van der Waals surface area contributed by atoms with Crippen LogP contribution in [-0.4, -0.2) is 49.1 Å². The lowest BCUT2D eigenvalue weighted by Gasteiger charge is -2.26. The van der Waals surface area contributed by atoms with Crippen molar-refractivity contribution in [2.45, 2.75) is 20.3 Å². The molecule has 0 saturated carbocycles. The number of allylic oxidation sites excluding steroid dienone is 3. The molecule has 1 aliphatic carbocycles. The first kappa shape index (κ1) is 17.3. The smallest absolute Gasteiger partial charge is 0.314 e. The molecular formula is C13H21NO4S2. The van der Waals surface area contributed by atoms with Gasteiger partial charge in [0.1, 0.15) is 5.88 Å². The van der Waals surface area contributed by atoms with Crippen LogP contribution in [0.15, 0.2) is 24.3 Å². The van der Waals surface area contributed by atoms with Gasteiger partial charge in [0.2, 0.25) is 8.87 Å². The van der Waals surface area contributed by atoms with E-state index >= 15 is 0 Å². The second kappa shape index (κ2) is 7.28. The maximum Gasteiger partial charge on any atom is 0.314 e. The van der Waals surface area contributed by atoms with E-state index in [9.17, 15) is 18.3 Å². The highest BCUT2D eigenvalue weighted by Gasteiger charge is 2.37. The van der Waals surface area contributed by atoms with E-state index in [0.29, 0.717) is 19.5 Å².